The van der Waals surface area contributed by atoms with Crippen LogP contribution in [0, 0.1) is 0 Å². The van der Waals surface area contributed by atoms with E-state index in [4.69, 9.17) is 17.2 Å². The van der Waals surface area contributed by atoms with Crippen molar-refractivity contribution < 1.29 is 15.0 Å². The molecule has 7 nitrogen and oxygen atoms in total. The lowest BCUT2D eigenvalue weighted by Crippen LogP contribution is -2.36. The zero-order chi connectivity index (χ0) is 22.8. The molecule has 0 amide bonds. The average molecular weight is 435 g/mol. The molecule has 0 radical (unpaired) electrons. The lowest BCUT2D eigenvalue weighted by atomic mass is 9.85. The number of nitrogens with zero attached hydrogens (tertiary/aromatic N) is 1. The Labute approximate surface area is 187 Å². The number of phenols is 1. The van der Waals surface area contributed by atoms with Gasteiger partial charge >= 0.3 is 5.97 Å². The van der Waals surface area contributed by atoms with Crippen molar-refractivity contribution in [1.82, 2.24) is 4.90 Å². The summed E-state index contributed by atoms with van der Waals surface area (Å²) >= 11 is 0. The minimum atomic E-state index is -0.894. The quantitative estimate of drug-likeness (QED) is 0.440. The van der Waals surface area contributed by atoms with Crippen molar-refractivity contribution in [2.45, 2.75) is 37.5 Å². The molecule has 8 N–H and O–H groups in total. The number of hydrogen-bond donors (Lipinski definition) is 5. The number of carbonyl (C=O) groups is 1. The number of nitrogens with two attached hydrogens (primary N) is 3. The first-order chi connectivity index (χ1) is 15.3. The normalized spacial score (nSPS) is 18.9. The number of carboxylic acid groups (broad SMARTS) is 1. The minimum Gasteiger partial charge on any atom is -0.507 e. The molecule has 7 heteroatoms. The maximum absolute atomic E-state index is 11.5. The topological polar surface area (TPSA) is 139 Å². The van der Waals surface area contributed by atoms with Crippen molar-refractivity contribution in [2.75, 3.05) is 13.1 Å². The fourth-order valence-electron chi connectivity index (χ4n) is 4.58. The second-order valence-corrected chi connectivity index (χ2v) is 8.67. The second-order valence-electron chi connectivity index (χ2n) is 8.67. The number of allylic oxidation sites excluding steroid dienone is 1. The number of piperidine rings is 1. The third-order valence-corrected chi connectivity index (χ3v) is 6.36. The van der Waals surface area contributed by atoms with Gasteiger partial charge in [-0.2, -0.15) is 0 Å². The Morgan fingerprint density at radius 3 is 2.41 bits per heavy atom. The van der Waals surface area contributed by atoms with Crippen LogP contribution in [0.4, 0.5) is 0 Å². The average Bonchev–Trinajstić information content (AvgIpc) is 3.62. The molecule has 4 rings (SSSR count). The molecule has 2 aliphatic rings. The van der Waals surface area contributed by atoms with Crippen LogP contribution in [0.15, 0.2) is 60.1 Å². The number of benzene rings is 2. The van der Waals surface area contributed by atoms with Crippen LogP contribution >= 0.6 is 0 Å². The standard InChI is InChI=1S/C25H30N4O3/c26-21(19-5-1-2-6-23(19)30)13-22(24(27)28)29-11-3-4-17(14-29)18-10-9-16(25(31)32)12-20(18)15-7-8-15/h1-2,5-6,9-10,12-13,15,17,30H,3-4,7-8,11,14,26-28H2,(H,31,32)/b21-13-. The Morgan fingerprint density at radius 1 is 1.00 bits per heavy atom. The first kappa shape index (κ1) is 21.6. The summed E-state index contributed by atoms with van der Waals surface area (Å²) in [5.41, 5.74) is 22.6. The first-order valence-corrected chi connectivity index (χ1v) is 11.0. The monoisotopic (exact) mass is 434 g/mol. The van der Waals surface area contributed by atoms with Gasteiger partial charge in [0, 0.05) is 30.3 Å². The Hall–Kier alpha value is -3.61. The van der Waals surface area contributed by atoms with Gasteiger partial charge in [0.2, 0.25) is 0 Å². The number of rotatable bonds is 6. The van der Waals surface area contributed by atoms with Gasteiger partial charge in [-0.1, -0.05) is 18.2 Å². The van der Waals surface area contributed by atoms with Crippen molar-refractivity contribution in [3.05, 3.63) is 82.3 Å². The number of hydrogen-bond acceptors (Lipinski definition) is 6. The second kappa shape index (κ2) is 8.86. The molecule has 168 valence electrons. The van der Waals surface area contributed by atoms with Gasteiger partial charge in [0.05, 0.1) is 11.3 Å². The van der Waals surface area contributed by atoms with E-state index in [1.54, 1.807) is 30.3 Å². The summed E-state index contributed by atoms with van der Waals surface area (Å²) in [5, 5.41) is 19.5. The molecule has 1 saturated carbocycles. The molecule has 32 heavy (non-hydrogen) atoms. The van der Waals surface area contributed by atoms with E-state index in [-0.39, 0.29) is 17.5 Å². The summed E-state index contributed by atoms with van der Waals surface area (Å²) in [6.07, 6.45) is 5.90. The molecular weight excluding hydrogens is 404 g/mol. The summed E-state index contributed by atoms with van der Waals surface area (Å²) in [7, 11) is 0. The number of phenolic OH excluding ortho intramolecular Hbond substituents is 1. The highest BCUT2D eigenvalue weighted by Gasteiger charge is 2.31. The maximum Gasteiger partial charge on any atom is 0.335 e. The van der Waals surface area contributed by atoms with Crippen LogP contribution in [0.25, 0.3) is 5.70 Å². The summed E-state index contributed by atoms with van der Waals surface area (Å²) in [6, 6.07) is 12.4. The minimum absolute atomic E-state index is 0.0975. The number of aromatic hydroxyl groups is 1. The van der Waals surface area contributed by atoms with Gasteiger partial charge in [-0.05, 0) is 73.1 Å². The highest BCUT2D eigenvalue weighted by atomic mass is 16.4. The lowest BCUT2D eigenvalue weighted by Gasteiger charge is -2.36. The summed E-state index contributed by atoms with van der Waals surface area (Å²) < 4.78 is 0. The van der Waals surface area contributed by atoms with Gasteiger partial charge in [0.1, 0.15) is 11.6 Å². The molecule has 1 heterocycles. The highest BCUT2D eigenvalue weighted by molar-refractivity contribution is 5.88. The molecule has 2 fully saturated rings. The first-order valence-electron chi connectivity index (χ1n) is 11.0. The van der Waals surface area contributed by atoms with E-state index >= 15 is 0 Å². The number of likely N-dealkylation sites (tertiary alicyclic amines) is 1. The maximum atomic E-state index is 11.5. The van der Waals surface area contributed by atoms with Crippen molar-refractivity contribution in [2.24, 2.45) is 17.2 Å². The van der Waals surface area contributed by atoms with E-state index in [1.807, 2.05) is 18.2 Å². The Morgan fingerprint density at radius 2 is 1.75 bits per heavy atom. The SMILES string of the molecule is NC(N)=C(/C=C(\N)c1ccccc1O)N1CCCC(c2ccc(C(=O)O)cc2C2CC2)C1. The van der Waals surface area contributed by atoms with E-state index in [1.165, 1.54) is 5.56 Å². The zero-order valence-electron chi connectivity index (χ0n) is 18.0. The summed E-state index contributed by atoms with van der Waals surface area (Å²) in [5.74, 6) is 0.0738. The number of para-hydroxylation sites is 1. The fourth-order valence-corrected chi connectivity index (χ4v) is 4.58. The van der Waals surface area contributed by atoms with Gasteiger partial charge in [-0.3, -0.25) is 0 Å². The molecule has 1 aliphatic heterocycles. The summed E-state index contributed by atoms with van der Waals surface area (Å²) in [4.78, 5) is 13.6. The van der Waals surface area contributed by atoms with E-state index in [2.05, 4.69) is 4.90 Å². The van der Waals surface area contributed by atoms with Crippen LogP contribution in [0.2, 0.25) is 0 Å². The van der Waals surface area contributed by atoms with Gasteiger partial charge in [0.25, 0.3) is 0 Å². The fraction of sp³-hybridized carbons (Fsp3) is 0.320. The zero-order valence-corrected chi connectivity index (χ0v) is 18.0. The smallest absolute Gasteiger partial charge is 0.335 e. The molecule has 1 aliphatic carbocycles. The van der Waals surface area contributed by atoms with E-state index in [0.29, 0.717) is 35.0 Å². The van der Waals surface area contributed by atoms with Gasteiger partial charge < -0.3 is 32.3 Å². The van der Waals surface area contributed by atoms with Crippen molar-refractivity contribution >= 4 is 11.7 Å². The Balaban J connectivity index is 1.62. The number of carboxylic acids is 1. The van der Waals surface area contributed by atoms with Crippen LogP contribution in [-0.2, 0) is 0 Å². The lowest BCUT2D eigenvalue weighted by molar-refractivity contribution is 0.0696. The molecule has 1 atom stereocenters. The van der Waals surface area contributed by atoms with Gasteiger partial charge in [-0.25, -0.2) is 4.79 Å². The molecule has 2 aromatic carbocycles. The molecule has 0 bridgehead atoms. The van der Waals surface area contributed by atoms with E-state index < -0.39 is 5.97 Å². The molecule has 1 saturated heterocycles. The largest absolute Gasteiger partial charge is 0.507 e. The van der Waals surface area contributed by atoms with Crippen molar-refractivity contribution in [3.8, 4) is 5.75 Å². The van der Waals surface area contributed by atoms with Crippen LogP contribution in [0.5, 0.6) is 5.75 Å². The highest BCUT2D eigenvalue weighted by Crippen LogP contribution is 2.45. The van der Waals surface area contributed by atoms with E-state index in [9.17, 15) is 15.0 Å². The van der Waals surface area contributed by atoms with Crippen LogP contribution < -0.4 is 17.2 Å². The molecular formula is C25H30N4O3. The van der Waals surface area contributed by atoms with Crippen LogP contribution in [0.3, 0.4) is 0 Å². The summed E-state index contributed by atoms with van der Waals surface area (Å²) in [6.45, 7) is 1.50. The third-order valence-electron chi connectivity index (χ3n) is 6.36. The van der Waals surface area contributed by atoms with Crippen LogP contribution in [-0.4, -0.2) is 34.2 Å². The third kappa shape index (κ3) is 4.51. The van der Waals surface area contributed by atoms with Crippen LogP contribution in [0.1, 0.15) is 64.6 Å². The Bertz CT molecular complexity index is 1080. The van der Waals surface area contributed by atoms with Crippen molar-refractivity contribution in [3.63, 3.8) is 0 Å². The Kier molecular flexibility index (Phi) is 5.99. The predicted molar refractivity (Wildman–Crippen MR) is 125 cm³/mol. The van der Waals surface area contributed by atoms with Gasteiger partial charge in [-0.15, -0.1) is 0 Å². The number of aromatic carboxylic acids is 1. The van der Waals surface area contributed by atoms with E-state index in [0.717, 1.165) is 37.8 Å². The predicted octanol–water partition coefficient (Wildman–Crippen LogP) is 3.23. The van der Waals surface area contributed by atoms with Gasteiger partial charge in [0.15, 0.2) is 0 Å². The molecule has 0 spiro atoms. The molecule has 0 aromatic heterocycles. The molecule has 2 aromatic rings. The van der Waals surface area contributed by atoms with Crippen molar-refractivity contribution in [1.29, 1.82) is 0 Å². The molecule has 1 unspecified atom stereocenters.